The first kappa shape index (κ1) is 18.2. The molecule has 0 spiro atoms. The molecular weight excluding hydrogens is 342 g/mol. The summed E-state index contributed by atoms with van der Waals surface area (Å²) in [4.78, 5) is 23.0. The lowest BCUT2D eigenvalue weighted by Crippen LogP contribution is -2.21. The standard InChI is InChI=1S/C17H11F4NO3/c18-11-3-1-2-10(8-11)4-7-15(24)25-9-14(23)22-13-6-5-12(19)16(20)17(13)21/h1-8H,9H2,(H,22,23)/b7-4+. The number of anilines is 1. The minimum atomic E-state index is -1.73. The van der Waals surface area contributed by atoms with Crippen molar-refractivity contribution in [1.82, 2.24) is 0 Å². The van der Waals surface area contributed by atoms with Gasteiger partial charge in [-0.1, -0.05) is 12.1 Å². The van der Waals surface area contributed by atoms with E-state index >= 15 is 0 Å². The number of nitrogens with one attached hydrogen (secondary N) is 1. The molecule has 0 unspecified atom stereocenters. The van der Waals surface area contributed by atoms with Crippen molar-refractivity contribution < 1.29 is 31.9 Å². The molecule has 0 aliphatic rings. The zero-order chi connectivity index (χ0) is 18.4. The van der Waals surface area contributed by atoms with Crippen LogP contribution in [0.3, 0.4) is 0 Å². The smallest absolute Gasteiger partial charge is 0.331 e. The Morgan fingerprint density at radius 1 is 1.04 bits per heavy atom. The maximum absolute atomic E-state index is 13.4. The fraction of sp³-hybridized carbons (Fsp3) is 0.0588. The van der Waals surface area contributed by atoms with Gasteiger partial charge in [-0.3, -0.25) is 4.79 Å². The molecule has 25 heavy (non-hydrogen) atoms. The van der Waals surface area contributed by atoms with Gasteiger partial charge in [-0.25, -0.2) is 22.4 Å². The van der Waals surface area contributed by atoms with E-state index in [2.05, 4.69) is 4.74 Å². The lowest BCUT2D eigenvalue weighted by Gasteiger charge is -2.07. The third kappa shape index (κ3) is 5.17. The summed E-state index contributed by atoms with van der Waals surface area (Å²) in [5.41, 5.74) is -0.180. The van der Waals surface area contributed by atoms with Crippen molar-refractivity contribution >= 4 is 23.6 Å². The van der Waals surface area contributed by atoms with E-state index < -0.39 is 47.4 Å². The predicted octanol–water partition coefficient (Wildman–Crippen LogP) is 3.44. The second-order valence-corrected chi connectivity index (χ2v) is 4.77. The number of amides is 1. The number of esters is 1. The highest BCUT2D eigenvalue weighted by atomic mass is 19.2. The molecule has 2 aromatic rings. The molecule has 0 aliphatic heterocycles. The van der Waals surface area contributed by atoms with Crippen molar-refractivity contribution in [2.24, 2.45) is 0 Å². The van der Waals surface area contributed by atoms with Crippen LogP contribution in [-0.2, 0) is 14.3 Å². The average molecular weight is 353 g/mol. The highest BCUT2D eigenvalue weighted by Gasteiger charge is 2.15. The van der Waals surface area contributed by atoms with Crippen molar-refractivity contribution in [3.63, 3.8) is 0 Å². The summed E-state index contributed by atoms with van der Waals surface area (Å²) in [5, 5.41) is 1.94. The third-order valence-electron chi connectivity index (χ3n) is 2.92. The molecule has 0 atom stereocenters. The quantitative estimate of drug-likeness (QED) is 0.388. The Morgan fingerprint density at radius 3 is 2.52 bits per heavy atom. The summed E-state index contributed by atoms with van der Waals surface area (Å²) >= 11 is 0. The molecule has 1 N–H and O–H groups in total. The van der Waals surface area contributed by atoms with Crippen LogP contribution in [0.5, 0.6) is 0 Å². The highest BCUT2D eigenvalue weighted by Crippen LogP contribution is 2.19. The van der Waals surface area contributed by atoms with Crippen LogP contribution in [0.15, 0.2) is 42.5 Å². The number of carbonyl (C=O) groups excluding carboxylic acids is 2. The fourth-order valence-electron chi connectivity index (χ4n) is 1.77. The largest absolute Gasteiger partial charge is 0.452 e. The molecular formula is C17H11F4NO3. The first-order valence-corrected chi connectivity index (χ1v) is 6.90. The summed E-state index contributed by atoms with van der Waals surface area (Å²) in [6.07, 6.45) is 2.25. The Morgan fingerprint density at radius 2 is 1.80 bits per heavy atom. The molecule has 4 nitrogen and oxygen atoms in total. The maximum atomic E-state index is 13.4. The molecule has 2 aromatic carbocycles. The molecule has 8 heteroatoms. The number of halogens is 4. The van der Waals surface area contributed by atoms with E-state index in [0.29, 0.717) is 11.6 Å². The van der Waals surface area contributed by atoms with Crippen LogP contribution in [0.1, 0.15) is 5.56 Å². The van der Waals surface area contributed by atoms with Crippen LogP contribution in [-0.4, -0.2) is 18.5 Å². The van der Waals surface area contributed by atoms with Crippen molar-refractivity contribution in [2.45, 2.75) is 0 Å². The van der Waals surface area contributed by atoms with Gasteiger partial charge in [-0.2, -0.15) is 0 Å². The summed E-state index contributed by atoms with van der Waals surface area (Å²) in [5.74, 6) is -7.02. The van der Waals surface area contributed by atoms with E-state index in [1.54, 1.807) is 6.07 Å². The van der Waals surface area contributed by atoms with E-state index in [0.717, 1.165) is 12.1 Å². The molecule has 0 radical (unpaired) electrons. The number of hydrogen-bond acceptors (Lipinski definition) is 3. The molecule has 0 saturated carbocycles. The number of carbonyl (C=O) groups is 2. The second kappa shape index (κ2) is 8.09. The monoisotopic (exact) mass is 353 g/mol. The van der Waals surface area contributed by atoms with Gasteiger partial charge in [0.1, 0.15) is 5.82 Å². The Labute approximate surface area is 139 Å². The molecule has 0 bridgehead atoms. The lowest BCUT2D eigenvalue weighted by atomic mass is 10.2. The molecule has 0 saturated heterocycles. The van der Waals surface area contributed by atoms with Crippen molar-refractivity contribution in [3.8, 4) is 0 Å². The van der Waals surface area contributed by atoms with Crippen molar-refractivity contribution in [1.29, 1.82) is 0 Å². The van der Waals surface area contributed by atoms with E-state index in [4.69, 9.17) is 0 Å². The van der Waals surface area contributed by atoms with Crippen LogP contribution in [0.4, 0.5) is 23.2 Å². The van der Waals surface area contributed by atoms with E-state index in [1.807, 2.05) is 5.32 Å². The number of hydrogen-bond donors (Lipinski definition) is 1. The van der Waals surface area contributed by atoms with Gasteiger partial charge in [-0.05, 0) is 35.9 Å². The highest BCUT2D eigenvalue weighted by molar-refractivity contribution is 5.94. The Hall–Kier alpha value is -3.16. The normalized spacial score (nSPS) is 10.7. The van der Waals surface area contributed by atoms with Gasteiger partial charge < -0.3 is 10.1 Å². The predicted molar refractivity (Wildman–Crippen MR) is 81.3 cm³/mol. The van der Waals surface area contributed by atoms with Crippen LogP contribution in [0.2, 0.25) is 0 Å². The zero-order valence-corrected chi connectivity index (χ0v) is 12.6. The molecule has 0 aromatic heterocycles. The van der Waals surface area contributed by atoms with Gasteiger partial charge in [0.05, 0.1) is 5.69 Å². The Kier molecular flexibility index (Phi) is 5.89. The van der Waals surface area contributed by atoms with Gasteiger partial charge in [-0.15, -0.1) is 0 Å². The minimum absolute atomic E-state index is 0.408. The summed E-state index contributed by atoms with van der Waals surface area (Å²) in [6.45, 7) is -0.773. The molecule has 2 rings (SSSR count). The van der Waals surface area contributed by atoms with Crippen molar-refractivity contribution in [3.05, 3.63) is 71.3 Å². The molecule has 1 amide bonds. The fourth-order valence-corrected chi connectivity index (χ4v) is 1.77. The van der Waals surface area contributed by atoms with Crippen molar-refractivity contribution in [2.75, 3.05) is 11.9 Å². The number of rotatable bonds is 5. The Balaban J connectivity index is 1.87. The molecule has 130 valence electrons. The Bertz CT molecular complexity index is 837. The van der Waals surface area contributed by atoms with Crippen LogP contribution in [0, 0.1) is 23.3 Å². The molecule has 0 fully saturated rings. The topological polar surface area (TPSA) is 55.4 Å². The first-order chi connectivity index (χ1) is 11.9. The molecule has 0 aliphatic carbocycles. The van der Waals surface area contributed by atoms with Gasteiger partial charge >= 0.3 is 5.97 Å². The minimum Gasteiger partial charge on any atom is -0.452 e. The van der Waals surface area contributed by atoms with Crippen LogP contribution >= 0.6 is 0 Å². The van der Waals surface area contributed by atoms with E-state index in [1.165, 1.54) is 24.3 Å². The van der Waals surface area contributed by atoms with E-state index in [-0.39, 0.29) is 0 Å². The van der Waals surface area contributed by atoms with E-state index in [9.17, 15) is 27.2 Å². The van der Waals surface area contributed by atoms with Gasteiger partial charge in [0.2, 0.25) is 0 Å². The maximum Gasteiger partial charge on any atom is 0.331 e. The third-order valence-corrected chi connectivity index (χ3v) is 2.92. The number of ether oxygens (including phenoxy) is 1. The summed E-state index contributed by atoms with van der Waals surface area (Å²) < 4.78 is 56.7. The SMILES string of the molecule is O=C(COC(=O)/C=C/c1cccc(F)c1)Nc1ccc(F)c(F)c1F. The van der Waals surface area contributed by atoms with Gasteiger partial charge in [0.25, 0.3) is 5.91 Å². The summed E-state index contributed by atoms with van der Waals surface area (Å²) in [7, 11) is 0. The zero-order valence-electron chi connectivity index (χ0n) is 12.6. The second-order valence-electron chi connectivity index (χ2n) is 4.77. The first-order valence-electron chi connectivity index (χ1n) is 6.90. The molecule has 0 heterocycles. The summed E-state index contributed by atoms with van der Waals surface area (Å²) in [6, 6.07) is 6.88. The van der Waals surface area contributed by atoms with Crippen LogP contribution in [0.25, 0.3) is 6.08 Å². The van der Waals surface area contributed by atoms with Gasteiger partial charge in [0, 0.05) is 6.08 Å². The van der Waals surface area contributed by atoms with Gasteiger partial charge in [0.15, 0.2) is 24.1 Å². The average Bonchev–Trinajstić information content (AvgIpc) is 2.59. The lowest BCUT2D eigenvalue weighted by molar-refractivity contribution is -0.142. The number of benzene rings is 2. The van der Waals surface area contributed by atoms with Crippen LogP contribution < -0.4 is 5.32 Å².